The normalized spacial score (nSPS) is 23.2. The fraction of sp³-hybridized carbons (Fsp3) is 0.571. The van der Waals surface area contributed by atoms with Gasteiger partial charge in [0.1, 0.15) is 0 Å². The van der Waals surface area contributed by atoms with Crippen molar-refractivity contribution in [1.82, 2.24) is 0 Å². The summed E-state index contributed by atoms with van der Waals surface area (Å²) in [6, 6.07) is 0. The molecule has 1 nitrogen and oxygen atoms in total. The van der Waals surface area contributed by atoms with Gasteiger partial charge >= 0.3 is 0 Å². The number of aliphatic hydroxyl groups is 1. The van der Waals surface area contributed by atoms with Gasteiger partial charge in [0.05, 0.1) is 6.61 Å². The molecule has 0 aromatic rings. The molecule has 0 amide bonds. The molecule has 2 rings (SSSR count). The Morgan fingerprint density at radius 1 is 1.31 bits per heavy atom. The molecule has 0 unspecified atom stereocenters. The largest absolute Gasteiger partial charge is 0.392 e. The molecule has 0 spiro atoms. The van der Waals surface area contributed by atoms with Crippen LogP contribution < -0.4 is 0 Å². The van der Waals surface area contributed by atoms with Crippen LogP contribution in [0.4, 0.5) is 0 Å². The van der Waals surface area contributed by atoms with Gasteiger partial charge in [0.25, 0.3) is 0 Å². The summed E-state index contributed by atoms with van der Waals surface area (Å²) >= 11 is 3.50. The van der Waals surface area contributed by atoms with Crippen molar-refractivity contribution in [2.45, 2.75) is 38.5 Å². The molecule has 88 valence electrons. The summed E-state index contributed by atoms with van der Waals surface area (Å²) in [6.07, 6.45) is 14.1. The first-order valence-electron chi connectivity index (χ1n) is 6.17. The molecule has 1 saturated carbocycles. The topological polar surface area (TPSA) is 20.2 Å². The summed E-state index contributed by atoms with van der Waals surface area (Å²) < 4.78 is 1.21. The van der Waals surface area contributed by atoms with Crippen molar-refractivity contribution in [2.75, 3.05) is 6.61 Å². The molecule has 2 aliphatic rings. The van der Waals surface area contributed by atoms with E-state index in [1.54, 1.807) is 0 Å². The Balaban J connectivity index is 2.01. The van der Waals surface area contributed by atoms with Gasteiger partial charge in [0, 0.05) is 6.42 Å². The highest BCUT2D eigenvalue weighted by molar-refractivity contribution is 9.11. The standard InChI is InChI=1S/C14H19BrO/c15-14-7-6-12(9-14)13(10-16)8-11-4-2-1-3-5-11/h6-8,11,16H,1-5,9-10H2/b13-8+. The zero-order valence-electron chi connectivity index (χ0n) is 9.58. The van der Waals surface area contributed by atoms with Gasteiger partial charge in [-0.25, -0.2) is 0 Å². The number of aliphatic hydroxyl groups excluding tert-OH is 1. The van der Waals surface area contributed by atoms with Crippen molar-refractivity contribution >= 4 is 15.9 Å². The summed E-state index contributed by atoms with van der Waals surface area (Å²) in [7, 11) is 0. The average molecular weight is 283 g/mol. The SMILES string of the molecule is OC/C(=C\C1CCCCC1)C1=CC=C(Br)C1. The molecule has 1 fully saturated rings. The minimum atomic E-state index is 0.177. The van der Waals surface area contributed by atoms with Crippen molar-refractivity contribution in [2.24, 2.45) is 5.92 Å². The van der Waals surface area contributed by atoms with Gasteiger partial charge in [-0.2, -0.15) is 0 Å². The maximum Gasteiger partial charge on any atom is 0.0681 e. The first-order valence-corrected chi connectivity index (χ1v) is 6.96. The number of rotatable bonds is 3. The van der Waals surface area contributed by atoms with Gasteiger partial charge in [-0.1, -0.05) is 53.4 Å². The van der Waals surface area contributed by atoms with E-state index in [9.17, 15) is 5.11 Å². The summed E-state index contributed by atoms with van der Waals surface area (Å²) in [5.74, 6) is 0.691. The number of halogens is 1. The Bertz CT molecular complexity index is 333. The van der Waals surface area contributed by atoms with Crippen LogP contribution in [0.2, 0.25) is 0 Å². The molecule has 0 atom stereocenters. The van der Waals surface area contributed by atoms with Gasteiger partial charge < -0.3 is 5.11 Å². The molecule has 0 aromatic heterocycles. The van der Waals surface area contributed by atoms with Crippen LogP contribution in [-0.4, -0.2) is 11.7 Å². The molecule has 16 heavy (non-hydrogen) atoms. The van der Waals surface area contributed by atoms with Gasteiger partial charge in [0.15, 0.2) is 0 Å². The van der Waals surface area contributed by atoms with Crippen LogP contribution in [0.15, 0.2) is 33.9 Å². The molecule has 0 aliphatic heterocycles. The fourth-order valence-electron chi connectivity index (χ4n) is 2.56. The van der Waals surface area contributed by atoms with Crippen molar-refractivity contribution in [3.8, 4) is 0 Å². The molecular weight excluding hydrogens is 264 g/mol. The smallest absolute Gasteiger partial charge is 0.0681 e. The van der Waals surface area contributed by atoms with Crippen LogP contribution in [0.3, 0.4) is 0 Å². The highest BCUT2D eigenvalue weighted by Gasteiger charge is 2.15. The van der Waals surface area contributed by atoms with E-state index in [2.05, 4.69) is 34.2 Å². The van der Waals surface area contributed by atoms with E-state index in [4.69, 9.17) is 0 Å². The Labute approximate surface area is 106 Å². The van der Waals surface area contributed by atoms with Gasteiger partial charge in [0.2, 0.25) is 0 Å². The third-order valence-electron chi connectivity index (χ3n) is 3.49. The van der Waals surface area contributed by atoms with E-state index < -0.39 is 0 Å². The number of hydrogen-bond donors (Lipinski definition) is 1. The van der Waals surface area contributed by atoms with Crippen LogP contribution in [0.1, 0.15) is 38.5 Å². The highest BCUT2D eigenvalue weighted by Crippen LogP contribution is 2.32. The predicted molar refractivity (Wildman–Crippen MR) is 71.5 cm³/mol. The number of allylic oxidation sites excluding steroid dienone is 4. The van der Waals surface area contributed by atoms with E-state index in [1.165, 1.54) is 42.2 Å². The number of hydrogen-bond acceptors (Lipinski definition) is 1. The van der Waals surface area contributed by atoms with E-state index in [-0.39, 0.29) is 6.61 Å². The maximum atomic E-state index is 9.46. The lowest BCUT2D eigenvalue weighted by Gasteiger charge is -2.19. The molecule has 0 aromatic carbocycles. The predicted octanol–water partition coefficient (Wildman–Crippen LogP) is 4.09. The lowest BCUT2D eigenvalue weighted by molar-refractivity contribution is 0.329. The zero-order chi connectivity index (χ0) is 11.4. The molecule has 0 bridgehead atoms. The molecule has 0 heterocycles. The first-order chi connectivity index (χ1) is 7.79. The second-order valence-electron chi connectivity index (χ2n) is 4.73. The van der Waals surface area contributed by atoms with Gasteiger partial charge in [-0.05, 0) is 34.4 Å². The van der Waals surface area contributed by atoms with Crippen LogP contribution in [0, 0.1) is 5.92 Å². The Morgan fingerprint density at radius 2 is 2.06 bits per heavy atom. The molecule has 2 aliphatic carbocycles. The van der Waals surface area contributed by atoms with Gasteiger partial charge in [-0.3, -0.25) is 0 Å². The van der Waals surface area contributed by atoms with Crippen LogP contribution in [0.5, 0.6) is 0 Å². The van der Waals surface area contributed by atoms with Crippen LogP contribution in [0.25, 0.3) is 0 Å². The van der Waals surface area contributed by atoms with Crippen molar-refractivity contribution in [3.05, 3.63) is 33.9 Å². The average Bonchev–Trinajstić information content (AvgIpc) is 2.74. The maximum absolute atomic E-state index is 9.46. The summed E-state index contributed by atoms with van der Waals surface area (Å²) in [5.41, 5.74) is 2.41. The van der Waals surface area contributed by atoms with E-state index in [0.717, 1.165) is 12.0 Å². The summed E-state index contributed by atoms with van der Waals surface area (Å²) in [6.45, 7) is 0.177. The van der Waals surface area contributed by atoms with E-state index >= 15 is 0 Å². The Hall–Kier alpha value is -0.340. The fourth-order valence-corrected chi connectivity index (χ4v) is 2.99. The third-order valence-corrected chi connectivity index (χ3v) is 4.04. The van der Waals surface area contributed by atoms with Gasteiger partial charge in [-0.15, -0.1) is 0 Å². The molecule has 0 saturated heterocycles. The second kappa shape index (κ2) is 5.83. The minimum absolute atomic E-state index is 0.177. The lowest BCUT2D eigenvalue weighted by atomic mass is 9.87. The Morgan fingerprint density at radius 3 is 2.62 bits per heavy atom. The lowest BCUT2D eigenvalue weighted by Crippen LogP contribution is -2.06. The first kappa shape index (κ1) is 12.1. The molecule has 2 heteroatoms. The third kappa shape index (κ3) is 3.08. The molecular formula is C14H19BrO. The zero-order valence-corrected chi connectivity index (χ0v) is 11.2. The van der Waals surface area contributed by atoms with E-state index in [0.29, 0.717) is 5.92 Å². The monoisotopic (exact) mass is 282 g/mol. The molecule has 0 radical (unpaired) electrons. The van der Waals surface area contributed by atoms with Crippen molar-refractivity contribution in [3.63, 3.8) is 0 Å². The molecule has 1 N–H and O–H groups in total. The van der Waals surface area contributed by atoms with Crippen molar-refractivity contribution < 1.29 is 5.11 Å². The van der Waals surface area contributed by atoms with Crippen LogP contribution >= 0.6 is 15.9 Å². The quantitative estimate of drug-likeness (QED) is 0.827. The van der Waals surface area contributed by atoms with E-state index in [1.807, 2.05) is 0 Å². The second-order valence-corrected chi connectivity index (χ2v) is 5.75. The minimum Gasteiger partial charge on any atom is -0.392 e. The Kier molecular flexibility index (Phi) is 4.42. The van der Waals surface area contributed by atoms with Crippen molar-refractivity contribution in [1.29, 1.82) is 0 Å². The highest BCUT2D eigenvalue weighted by atomic mass is 79.9. The summed E-state index contributed by atoms with van der Waals surface area (Å²) in [4.78, 5) is 0. The van der Waals surface area contributed by atoms with Crippen LogP contribution in [-0.2, 0) is 0 Å². The summed E-state index contributed by atoms with van der Waals surface area (Å²) in [5, 5.41) is 9.46.